The van der Waals surface area contributed by atoms with Crippen molar-refractivity contribution in [1.29, 1.82) is 0 Å². The van der Waals surface area contributed by atoms with E-state index in [1.54, 1.807) is 14.2 Å². The predicted molar refractivity (Wildman–Crippen MR) is 88.8 cm³/mol. The Morgan fingerprint density at radius 3 is 2.38 bits per heavy atom. The number of piperazine rings is 1. The molecule has 1 fully saturated rings. The molecule has 0 spiro atoms. The van der Waals surface area contributed by atoms with Gasteiger partial charge in [0.1, 0.15) is 11.5 Å². The van der Waals surface area contributed by atoms with Gasteiger partial charge < -0.3 is 19.9 Å². The quantitative estimate of drug-likeness (QED) is 0.815. The Morgan fingerprint density at radius 1 is 1.24 bits per heavy atom. The van der Waals surface area contributed by atoms with Crippen LogP contribution in [0.1, 0.15) is 11.6 Å². The molecule has 1 aromatic carbocycles. The molecule has 2 rings (SSSR count). The molecule has 120 valence electrons. The lowest BCUT2D eigenvalue weighted by Crippen LogP contribution is -2.46. The fourth-order valence-electron chi connectivity index (χ4n) is 2.55. The fraction of sp³-hybridized carbons (Fsp3) is 0.571. The van der Waals surface area contributed by atoms with Crippen molar-refractivity contribution in [2.75, 3.05) is 47.0 Å². The molecule has 0 aliphatic carbocycles. The zero-order chi connectivity index (χ0) is 14.5. The topological polar surface area (TPSA) is 54.0 Å². The summed E-state index contributed by atoms with van der Waals surface area (Å²) in [5, 5.41) is 13.1. The lowest BCUT2D eigenvalue weighted by atomic mass is 10.0. The summed E-state index contributed by atoms with van der Waals surface area (Å²) in [6.45, 7) is 3.75. The van der Waals surface area contributed by atoms with Gasteiger partial charge in [0, 0.05) is 31.7 Å². The number of benzene rings is 1. The lowest BCUT2D eigenvalue weighted by Gasteiger charge is -2.34. The summed E-state index contributed by atoms with van der Waals surface area (Å²) in [5.41, 5.74) is 0.956. The molecule has 1 atom stereocenters. The van der Waals surface area contributed by atoms with Crippen molar-refractivity contribution < 1.29 is 14.6 Å². The first kappa shape index (κ1) is 18.5. The summed E-state index contributed by atoms with van der Waals surface area (Å²) >= 11 is 3.46. The van der Waals surface area contributed by atoms with Gasteiger partial charge in [0.15, 0.2) is 0 Å². The average molecular weight is 382 g/mol. The van der Waals surface area contributed by atoms with Crippen LogP contribution < -0.4 is 14.8 Å². The molecule has 0 saturated carbocycles. The molecule has 1 aromatic rings. The molecule has 2 N–H and O–H groups in total. The molecule has 21 heavy (non-hydrogen) atoms. The van der Waals surface area contributed by atoms with Crippen molar-refractivity contribution in [3.05, 3.63) is 22.2 Å². The van der Waals surface area contributed by atoms with Crippen LogP contribution in [-0.4, -0.2) is 57.0 Å². The molecule has 5 nitrogen and oxygen atoms in total. The third kappa shape index (κ3) is 4.23. The lowest BCUT2D eigenvalue weighted by molar-refractivity contribution is 0.108. The van der Waals surface area contributed by atoms with E-state index in [-0.39, 0.29) is 25.1 Å². The maximum Gasteiger partial charge on any atom is 0.133 e. The minimum absolute atomic E-state index is 0. The second kappa shape index (κ2) is 8.80. The smallest absolute Gasteiger partial charge is 0.133 e. The number of aliphatic hydroxyl groups is 1. The van der Waals surface area contributed by atoms with Crippen LogP contribution in [0.4, 0.5) is 0 Å². The van der Waals surface area contributed by atoms with Crippen LogP contribution in [0.15, 0.2) is 16.6 Å². The van der Waals surface area contributed by atoms with Gasteiger partial charge in [0.25, 0.3) is 0 Å². The number of nitrogens with one attached hydrogen (secondary N) is 1. The minimum atomic E-state index is -0.0750. The highest BCUT2D eigenvalue weighted by molar-refractivity contribution is 9.10. The summed E-state index contributed by atoms with van der Waals surface area (Å²) in [7, 11) is 3.28. The fourth-order valence-corrected chi connectivity index (χ4v) is 3.03. The maximum absolute atomic E-state index is 9.81. The number of halogens is 2. The number of aliphatic hydroxyl groups excluding tert-OH is 1. The highest BCUT2D eigenvalue weighted by Gasteiger charge is 2.25. The third-order valence-corrected chi connectivity index (χ3v) is 4.25. The molecule has 0 amide bonds. The molecule has 7 heteroatoms. The van der Waals surface area contributed by atoms with E-state index >= 15 is 0 Å². The summed E-state index contributed by atoms with van der Waals surface area (Å²) in [4.78, 5) is 2.27. The molecule has 1 aliphatic rings. The Labute approximate surface area is 140 Å². The number of methoxy groups -OCH3 is 2. The van der Waals surface area contributed by atoms with E-state index in [9.17, 15) is 5.11 Å². The number of hydrogen-bond donors (Lipinski definition) is 2. The van der Waals surface area contributed by atoms with Gasteiger partial charge in [-0.2, -0.15) is 0 Å². The van der Waals surface area contributed by atoms with Crippen LogP contribution in [0.5, 0.6) is 11.5 Å². The Hall–Kier alpha value is -0.530. The van der Waals surface area contributed by atoms with E-state index in [0.29, 0.717) is 0 Å². The molecule has 1 heterocycles. The van der Waals surface area contributed by atoms with Gasteiger partial charge >= 0.3 is 0 Å². The van der Waals surface area contributed by atoms with Crippen LogP contribution in [0.3, 0.4) is 0 Å². The van der Waals surface area contributed by atoms with Crippen molar-refractivity contribution in [2.24, 2.45) is 0 Å². The van der Waals surface area contributed by atoms with E-state index in [1.807, 2.05) is 12.1 Å². The molecular formula is C14H22BrClN2O3. The van der Waals surface area contributed by atoms with Gasteiger partial charge in [-0.3, -0.25) is 4.90 Å². The molecule has 1 aliphatic heterocycles. The minimum Gasteiger partial charge on any atom is -0.496 e. The third-order valence-electron chi connectivity index (χ3n) is 3.63. The highest BCUT2D eigenvalue weighted by atomic mass is 79.9. The molecule has 1 saturated heterocycles. The van der Waals surface area contributed by atoms with Crippen molar-refractivity contribution in [2.45, 2.75) is 6.04 Å². The molecular weight excluding hydrogens is 360 g/mol. The Balaban J connectivity index is 0.00000220. The van der Waals surface area contributed by atoms with Crippen LogP contribution in [0.2, 0.25) is 0 Å². The summed E-state index contributed by atoms with van der Waals surface area (Å²) < 4.78 is 11.7. The number of nitrogens with zero attached hydrogens (tertiary/aromatic N) is 1. The van der Waals surface area contributed by atoms with Crippen molar-refractivity contribution >= 4 is 28.3 Å². The molecule has 0 unspecified atom stereocenters. The van der Waals surface area contributed by atoms with Crippen LogP contribution >= 0.6 is 28.3 Å². The monoisotopic (exact) mass is 380 g/mol. The van der Waals surface area contributed by atoms with Gasteiger partial charge in [-0.05, 0) is 28.1 Å². The van der Waals surface area contributed by atoms with Crippen molar-refractivity contribution in [3.63, 3.8) is 0 Å². The van der Waals surface area contributed by atoms with E-state index in [2.05, 4.69) is 26.1 Å². The van der Waals surface area contributed by atoms with Crippen LogP contribution in [-0.2, 0) is 0 Å². The molecule has 0 radical (unpaired) electrons. The second-order valence-electron chi connectivity index (χ2n) is 4.71. The van der Waals surface area contributed by atoms with Crippen molar-refractivity contribution in [1.82, 2.24) is 10.2 Å². The van der Waals surface area contributed by atoms with E-state index < -0.39 is 0 Å². The zero-order valence-corrected chi connectivity index (χ0v) is 14.7. The summed E-state index contributed by atoms with van der Waals surface area (Å²) in [6.07, 6.45) is 0. The summed E-state index contributed by atoms with van der Waals surface area (Å²) in [6, 6.07) is 3.75. The van der Waals surface area contributed by atoms with Crippen LogP contribution in [0.25, 0.3) is 0 Å². The first-order chi connectivity index (χ1) is 9.71. The standard InChI is InChI=1S/C14H21BrN2O3.ClH/c1-19-13-8-11(15)14(20-2)7-10(13)12(9-18)17-5-3-16-4-6-17;/h7-8,12,16,18H,3-6,9H2,1-2H3;1H/t12-;/m0./s1. The number of hydrogen-bond acceptors (Lipinski definition) is 5. The van der Waals surface area contributed by atoms with E-state index in [0.717, 1.165) is 47.7 Å². The van der Waals surface area contributed by atoms with Crippen molar-refractivity contribution in [3.8, 4) is 11.5 Å². The zero-order valence-electron chi connectivity index (χ0n) is 12.3. The Kier molecular flexibility index (Phi) is 7.76. The first-order valence-electron chi connectivity index (χ1n) is 6.68. The largest absolute Gasteiger partial charge is 0.496 e. The predicted octanol–water partition coefficient (Wildman–Crippen LogP) is 1.83. The Morgan fingerprint density at radius 2 is 1.86 bits per heavy atom. The molecule has 0 aromatic heterocycles. The second-order valence-corrected chi connectivity index (χ2v) is 5.57. The van der Waals surface area contributed by atoms with Gasteiger partial charge in [-0.25, -0.2) is 0 Å². The van der Waals surface area contributed by atoms with Gasteiger partial charge in [-0.15, -0.1) is 12.4 Å². The van der Waals surface area contributed by atoms with E-state index in [4.69, 9.17) is 9.47 Å². The maximum atomic E-state index is 9.81. The van der Waals surface area contributed by atoms with E-state index in [1.165, 1.54) is 0 Å². The summed E-state index contributed by atoms with van der Waals surface area (Å²) in [5.74, 6) is 1.50. The van der Waals surface area contributed by atoms with Gasteiger partial charge in [0.2, 0.25) is 0 Å². The van der Waals surface area contributed by atoms with Gasteiger partial charge in [-0.1, -0.05) is 0 Å². The normalized spacial score (nSPS) is 17.0. The van der Waals surface area contributed by atoms with Gasteiger partial charge in [0.05, 0.1) is 31.3 Å². The first-order valence-corrected chi connectivity index (χ1v) is 7.47. The van der Waals surface area contributed by atoms with Crippen LogP contribution in [0, 0.1) is 0 Å². The number of rotatable bonds is 5. The number of ether oxygens (including phenoxy) is 2. The average Bonchev–Trinajstić information content (AvgIpc) is 2.50. The Bertz CT molecular complexity index is 456. The highest BCUT2D eigenvalue weighted by Crippen LogP contribution is 2.37. The molecule has 0 bridgehead atoms. The SMILES string of the molecule is COc1cc([C@H](CO)N2CCNCC2)c(OC)cc1Br.Cl.